The second-order valence-corrected chi connectivity index (χ2v) is 6.75. The first-order valence-corrected chi connectivity index (χ1v) is 7.23. The summed E-state index contributed by atoms with van der Waals surface area (Å²) < 4.78 is 38.2. The summed E-state index contributed by atoms with van der Waals surface area (Å²) in [5, 5.41) is -0.561. The molecule has 3 atom stereocenters. The van der Waals surface area contributed by atoms with Crippen molar-refractivity contribution in [1.82, 2.24) is 0 Å². The third kappa shape index (κ3) is 2.09. The second-order valence-electron chi connectivity index (χ2n) is 4.61. The van der Waals surface area contributed by atoms with Crippen molar-refractivity contribution in [2.75, 3.05) is 0 Å². The number of sulfone groups is 1. The standard InChI is InChI=1S/C12H16FNO2S/c1-8-10(14)6-7-11(8)17(15,16)12-5-3-2-4-9(12)13/h2-5,8,10-11H,6-7,14H2,1H3. The zero-order valence-corrected chi connectivity index (χ0v) is 10.5. The van der Waals surface area contributed by atoms with Crippen LogP contribution in [0.25, 0.3) is 0 Å². The minimum atomic E-state index is -3.61. The van der Waals surface area contributed by atoms with Crippen molar-refractivity contribution in [2.45, 2.75) is 36.0 Å². The predicted molar refractivity (Wildman–Crippen MR) is 63.7 cm³/mol. The summed E-state index contributed by atoms with van der Waals surface area (Å²) in [6.45, 7) is 1.82. The predicted octanol–water partition coefficient (Wildman–Crippen LogP) is 1.73. The van der Waals surface area contributed by atoms with E-state index in [4.69, 9.17) is 5.73 Å². The molecule has 0 saturated heterocycles. The van der Waals surface area contributed by atoms with Crippen molar-refractivity contribution in [3.63, 3.8) is 0 Å². The molecule has 3 unspecified atom stereocenters. The summed E-state index contributed by atoms with van der Waals surface area (Å²) in [4.78, 5) is -0.203. The SMILES string of the molecule is CC1C(N)CCC1S(=O)(=O)c1ccccc1F. The van der Waals surface area contributed by atoms with Gasteiger partial charge in [0.1, 0.15) is 10.7 Å². The number of hydrogen-bond acceptors (Lipinski definition) is 3. The van der Waals surface area contributed by atoms with Crippen LogP contribution in [0.15, 0.2) is 29.2 Å². The topological polar surface area (TPSA) is 60.2 Å². The Morgan fingerprint density at radius 2 is 1.94 bits per heavy atom. The molecule has 0 bridgehead atoms. The third-order valence-electron chi connectivity index (χ3n) is 3.59. The number of benzene rings is 1. The Balaban J connectivity index is 2.41. The molecule has 1 saturated carbocycles. The molecule has 1 aliphatic carbocycles. The van der Waals surface area contributed by atoms with Crippen LogP contribution in [0.2, 0.25) is 0 Å². The van der Waals surface area contributed by atoms with Gasteiger partial charge in [-0.05, 0) is 30.9 Å². The highest BCUT2D eigenvalue weighted by molar-refractivity contribution is 7.92. The number of hydrogen-bond donors (Lipinski definition) is 1. The Bertz CT molecular complexity index is 515. The van der Waals surface area contributed by atoms with Gasteiger partial charge in [0.15, 0.2) is 9.84 Å². The molecule has 5 heteroatoms. The minimum Gasteiger partial charge on any atom is -0.327 e. The zero-order valence-electron chi connectivity index (χ0n) is 9.64. The summed E-state index contributed by atoms with van der Waals surface area (Å²) >= 11 is 0. The maximum atomic E-state index is 13.6. The fourth-order valence-corrected chi connectivity index (χ4v) is 4.58. The number of rotatable bonds is 2. The molecule has 3 nitrogen and oxygen atoms in total. The molecular weight excluding hydrogens is 241 g/mol. The molecule has 1 fully saturated rings. The molecule has 94 valence electrons. The first-order chi connectivity index (χ1) is 7.94. The monoisotopic (exact) mass is 257 g/mol. The fourth-order valence-electron chi connectivity index (χ4n) is 2.43. The lowest BCUT2D eigenvalue weighted by Crippen LogP contribution is -2.32. The van der Waals surface area contributed by atoms with E-state index in [0.717, 1.165) is 0 Å². The van der Waals surface area contributed by atoms with Crippen molar-refractivity contribution in [3.05, 3.63) is 30.1 Å². The quantitative estimate of drug-likeness (QED) is 0.877. The van der Waals surface area contributed by atoms with E-state index in [1.165, 1.54) is 24.3 Å². The van der Waals surface area contributed by atoms with Crippen molar-refractivity contribution in [3.8, 4) is 0 Å². The Hall–Kier alpha value is -0.940. The smallest absolute Gasteiger partial charge is 0.184 e. The van der Waals surface area contributed by atoms with E-state index in [-0.39, 0.29) is 16.9 Å². The average Bonchev–Trinajstić information content (AvgIpc) is 2.60. The lowest BCUT2D eigenvalue weighted by molar-refractivity contribution is 0.502. The van der Waals surface area contributed by atoms with E-state index in [1.807, 2.05) is 6.92 Å². The largest absolute Gasteiger partial charge is 0.327 e. The van der Waals surface area contributed by atoms with Crippen LogP contribution in [-0.4, -0.2) is 19.7 Å². The van der Waals surface area contributed by atoms with Crippen LogP contribution in [0.5, 0.6) is 0 Å². The molecule has 0 heterocycles. The normalized spacial score (nSPS) is 29.5. The minimum absolute atomic E-state index is 0.110. The van der Waals surface area contributed by atoms with Gasteiger partial charge in [0.2, 0.25) is 0 Å². The molecule has 1 aliphatic rings. The fraction of sp³-hybridized carbons (Fsp3) is 0.500. The molecule has 0 amide bonds. The summed E-state index contributed by atoms with van der Waals surface area (Å²) in [6, 6.07) is 5.41. The van der Waals surface area contributed by atoms with Crippen LogP contribution in [-0.2, 0) is 9.84 Å². The van der Waals surface area contributed by atoms with E-state index in [1.54, 1.807) is 0 Å². The Labute approximate surface area is 101 Å². The van der Waals surface area contributed by atoms with Gasteiger partial charge in [0.25, 0.3) is 0 Å². The molecule has 2 rings (SSSR count). The molecular formula is C12H16FNO2S. The molecule has 0 radical (unpaired) electrons. The van der Waals surface area contributed by atoms with Crippen LogP contribution in [0.1, 0.15) is 19.8 Å². The Morgan fingerprint density at radius 1 is 1.29 bits per heavy atom. The van der Waals surface area contributed by atoms with Gasteiger partial charge in [-0.1, -0.05) is 19.1 Å². The van der Waals surface area contributed by atoms with Crippen molar-refractivity contribution in [1.29, 1.82) is 0 Å². The highest BCUT2D eigenvalue weighted by atomic mass is 32.2. The molecule has 0 aliphatic heterocycles. The summed E-state index contributed by atoms with van der Waals surface area (Å²) in [5.41, 5.74) is 5.82. The summed E-state index contributed by atoms with van der Waals surface area (Å²) in [5.74, 6) is -0.806. The first kappa shape index (κ1) is 12.5. The van der Waals surface area contributed by atoms with Crippen LogP contribution >= 0.6 is 0 Å². The highest BCUT2D eigenvalue weighted by Crippen LogP contribution is 2.34. The molecule has 0 aromatic heterocycles. The lowest BCUT2D eigenvalue weighted by Gasteiger charge is -2.18. The second kappa shape index (κ2) is 4.38. The van der Waals surface area contributed by atoms with Gasteiger partial charge in [-0.15, -0.1) is 0 Å². The molecule has 0 spiro atoms. The van der Waals surface area contributed by atoms with E-state index in [0.29, 0.717) is 12.8 Å². The van der Waals surface area contributed by atoms with E-state index >= 15 is 0 Å². The van der Waals surface area contributed by atoms with Crippen molar-refractivity contribution in [2.24, 2.45) is 11.7 Å². The molecule has 2 N–H and O–H groups in total. The number of halogens is 1. The van der Waals surface area contributed by atoms with Gasteiger partial charge in [-0.3, -0.25) is 0 Å². The number of nitrogens with two attached hydrogens (primary N) is 1. The summed E-state index contributed by atoms with van der Waals surface area (Å²) in [7, 11) is -3.61. The maximum Gasteiger partial charge on any atom is 0.184 e. The van der Waals surface area contributed by atoms with Gasteiger partial charge >= 0.3 is 0 Å². The molecule has 1 aromatic carbocycles. The van der Waals surface area contributed by atoms with Gasteiger partial charge in [0.05, 0.1) is 5.25 Å². The molecule has 1 aromatic rings. The van der Waals surface area contributed by atoms with Gasteiger partial charge in [0, 0.05) is 6.04 Å². The van der Waals surface area contributed by atoms with Gasteiger partial charge in [-0.25, -0.2) is 12.8 Å². The lowest BCUT2D eigenvalue weighted by atomic mass is 10.1. The van der Waals surface area contributed by atoms with E-state index in [9.17, 15) is 12.8 Å². The van der Waals surface area contributed by atoms with Crippen LogP contribution < -0.4 is 5.73 Å². The van der Waals surface area contributed by atoms with E-state index < -0.39 is 20.9 Å². The summed E-state index contributed by atoms with van der Waals surface area (Å²) in [6.07, 6.45) is 1.19. The Morgan fingerprint density at radius 3 is 2.47 bits per heavy atom. The first-order valence-electron chi connectivity index (χ1n) is 5.68. The van der Waals surface area contributed by atoms with Gasteiger partial charge < -0.3 is 5.73 Å². The highest BCUT2D eigenvalue weighted by Gasteiger charge is 2.40. The average molecular weight is 257 g/mol. The van der Waals surface area contributed by atoms with Crippen LogP contribution in [0.4, 0.5) is 4.39 Å². The zero-order chi connectivity index (χ0) is 12.6. The van der Waals surface area contributed by atoms with Crippen molar-refractivity contribution < 1.29 is 12.8 Å². The van der Waals surface area contributed by atoms with Crippen LogP contribution in [0.3, 0.4) is 0 Å². The Kier molecular flexibility index (Phi) is 3.23. The van der Waals surface area contributed by atoms with Crippen LogP contribution in [0, 0.1) is 11.7 Å². The third-order valence-corrected chi connectivity index (χ3v) is 5.99. The maximum absolute atomic E-state index is 13.6. The van der Waals surface area contributed by atoms with E-state index in [2.05, 4.69) is 0 Å². The molecule has 17 heavy (non-hydrogen) atoms. The van der Waals surface area contributed by atoms with Gasteiger partial charge in [-0.2, -0.15) is 0 Å². The van der Waals surface area contributed by atoms with Crippen molar-refractivity contribution >= 4 is 9.84 Å².